The highest BCUT2D eigenvalue weighted by atomic mass is 16.3. The minimum absolute atomic E-state index is 0.0733. The summed E-state index contributed by atoms with van der Waals surface area (Å²) in [5.41, 5.74) is 7.05. The van der Waals surface area contributed by atoms with E-state index in [9.17, 15) is 10.2 Å². The second-order valence-electron chi connectivity index (χ2n) is 4.79. The van der Waals surface area contributed by atoms with Crippen LogP contribution in [0, 0.1) is 0 Å². The number of phenolic OH excluding ortho intramolecular Hbond substituents is 2. The molecule has 0 aliphatic carbocycles. The van der Waals surface area contributed by atoms with Gasteiger partial charge in [0, 0.05) is 12.6 Å². The maximum Gasteiger partial charge on any atom is 0.157 e. The van der Waals surface area contributed by atoms with E-state index in [-0.39, 0.29) is 17.5 Å². The SMILES string of the molecule is N[C@@H](Cc1ccc(O)c(O)c1)CN1CCCC1. The van der Waals surface area contributed by atoms with Gasteiger partial charge in [0.15, 0.2) is 11.5 Å². The van der Waals surface area contributed by atoms with E-state index >= 15 is 0 Å². The van der Waals surface area contributed by atoms with Crippen molar-refractivity contribution >= 4 is 0 Å². The molecule has 1 aliphatic rings. The van der Waals surface area contributed by atoms with Crippen LogP contribution < -0.4 is 5.73 Å². The molecular formula is C13H20N2O2. The van der Waals surface area contributed by atoms with Crippen molar-refractivity contribution in [3.05, 3.63) is 23.8 Å². The summed E-state index contributed by atoms with van der Waals surface area (Å²) in [6, 6.07) is 4.97. The van der Waals surface area contributed by atoms with Gasteiger partial charge in [0.1, 0.15) is 0 Å². The molecule has 0 spiro atoms. The third-order valence-electron chi connectivity index (χ3n) is 3.23. The van der Waals surface area contributed by atoms with Crippen LogP contribution in [0.2, 0.25) is 0 Å². The predicted molar refractivity (Wildman–Crippen MR) is 67.1 cm³/mol. The van der Waals surface area contributed by atoms with Crippen molar-refractivity contribution in [3.8, 4) is 11.5 Å². The van der Waals surface area contributed by atoms with Gasteiger partial charge in [-0.05, 0) is 50.0 Å². The van der Waals surface area contributed by atoms with E-state index in [1.54, 1.807) is 12.1 Å². The Morgan fingerprint density at radius 2 is 1.88 bits per heavy atom. The average Bonchev–Trinajstić information content (AvgIpc) is 2.76. The minimum atomic E-state index is -0.0816. The zero-order valence-corrected chi connectivity index (χ0v) is 9.97. The van der Waals surface area contributed by atoms with E-state index in [4.69, 9.17) is 5.73 Å². The third kappa shape index (κ3) is 3.35. The monoisotopic (exact) mass is 236 g/mol. The van der Waals surface area contributed by atoms with Crippen molar-refractivity contribution in [3.63, 3.8) is 0 Å². The van der Waals surface area contributed by atoms with Crippen LogP contribution in [0.4, 0.5) is 0 Å². The molecule has 0 aromatic heterocycles. The van der Waals surface area contributed by atoms with Crippen LogP contribution in [-0.2, 0) is 6.42 Å². The quantitative estimate of drug-likeness (QED) is 0.684. The summed E-state index contributed by atoms with van der Waals surface area (Å²) in [6.07, 6.45) is 3.27. The van der Waals surface area contributed by atoms with E-state index < -0.39 is 0 Å². The Labute approximate surface area is 102 Å². The van der Waals surface area contributed by atoms with E-state index in [1.807, 2.05) is 0 Å². The molecule has 4 heteroatoms. The molecule has 0 saturated carbocycles. The fourth-order valence-electron chi connectivity index (χ4n) is 2.36. The molecule has 1 atom stereocenters. The van der Waals surface area contributed by atoms with Gasteiger partial charge in [-0.3, -0.25) is 0 Å². The standard InChI is InChI=1S/C13H20N2O2/c14-11(9-15-5-1-2-6-15)7-10-3-4-12(16)13(17)8-10/h3-4,8,11,16-17H,1-2,5-7,9,14H2/t11-/m0/s1. The molecule has 1 saturated heterocycles. The normalized spacial score (nSPS) is 18.4. The number of hydrogen-bond acceptors (Lipinski definition) is 4. The van der Waals surface area contributed by atoms with Crippen molar-refractivity contribution in [1.82, 2.24) is 4.90 Å². The largest absolute Gasteiger partial charge is 0.504 e. The zero-order valence-electron chi connectivity index (χ0n) is 9.97. The summed E-state index contributed by atoms with van der Waals surface area (Å²) in [5.74, 6) is -0.155. The third-order valence-corrected chi connectivity index (χ3v) is 3.23. The Bertz CT molecular complexity index is 376. The van der Waals surface area contributed by atoms with E-state index in [0.29, 0.717) is 0 Å². The van der Waals surface area contributed by atoms with Gasteiger partial charge in [-0.25, -0.2) is 0 Å². The summed E-state index contributed by atoms with van der Waals surface area (Å²) in [7, 11) is 0. The van der Waals surface area contributed by atoms with Crippen molar-refractivity contribution in [2.75, 3.05) is 19.6 Å². The van der Waals surface area contributed by atoms with Crippen LogP contribution in [0.1, 0.15) is 18.4 Å². The van der Waals surface area contributed by atoms with E-state index in [2.05, 4.69) is 4.90 Å². The van der Waals surface area contributed by atoms with Crippen LogP contribution >= 0.6 is 0 Å². The maximum absolute atomic E-state index is 9.40. The minimum Gasteiger partial charge on any atom is -0.504 e. The second-order valence-corrected chi connectivity index (χ2v) is 4.79. The van der Waals surface area contributed by atoms with Gasteiger partial charge in [0.25, 0.3) is 0 Å². The highest BCUT2D eigenvalue weighted by Crippen LogP contribution is 2.25. The average molecular weight is 236 g/mol. The molecule has 0 unspecified atom stereocenters. The molecule has 2 rings (SSSR count). The van der Waals surface area contributed by atoms with Crippen molar-refractivity contribution in [2.45, 2.75) is 25.3 Å². The topological polar surface area (TPSA) is 69.7 Å². The molecule has 0 bridgehead atoms. The molecule has 0 amide bonds. The van der Waals surface area contributed by atoms with Crippen molar-refractivity contribution < 1.29 is 10.2 Å². The van der Waals surface area contributed by atoms with Crippen molar-refractivity contribution in [2.24, 2.45) is 5.73 Å². The van der Waals surface area contributed by atoms with Crippen LogP contribution in [0.15, 0.2) is 18.2 Å². The van der Waals surface area contributed by atoms with E-state index in [1.165, 1.54) is 18.9 Å². The summed E-state index contributed by atoms with van der Waals surface area (Å²) in [5, 5.41) is 18.6. The molecular weight excluding hydrogens is 216 g/mol. The Hall–Kier alpha value is -1.26. The van der Waals surface area contributed by atoms with E-state index in [0.717, 1.165) is 31.6 Å². The smallest absolute Gasteiger partial charge is 0.157 e. The lowest BCUT2D eigenvalue weighted by atomic mass is 10.1. The summed E-state index contributed by atoms with van der Waals surface area (Å²) < 4.78 is 0. The highest BCUT2D eigenvalue weighted by Gasteiger charge is 2.15. The van der Waals surface area contributed by atoms with Gasteiger partial charge >= 0.3 is 0 Å². The molecule has 4 N–H and O–H groups in total. The van der Waals surface area contributed by atoms with Gasteiger partial charge in [0.2, 0.25) is 0 Å². The number of benzene rings is 1. The van der Waals surface area contributed by atoms with Gasteiger partial charge in [-0.2, -0.15) is 0 Å². The fraction of sp³-hybridized carbons (Fsp3) is 0.538. The Morgan fingerprint density at radius 1 is 1.18 bits per heavy atom. The number of hydrogen-bond donors (Lipinski definition) is 3. The molecule has 1 aromatic rings. The van der Waals surface area contributed by atoms with Gasteiger partial charge in [-0.1, -0.05) is 6.07 Å². The molecule has 0 radical (unpaired) electrons. The number of rotatable bonds is 4. The maximum atomic E-state index is 9.40. The summed E-state index contributed by atoms with van der Waals surface area (Å²) in [4.78, 5) is 2.38. The lowest BCUT2D eigenvalue weighted by Crippen LogP contribution is -2.37. The number of phenols is 2. The summed E-state index contributed by atoms with van der Waals surface area (Å²) in [6.45, 7) is 3.20. The number of nitrogens with zero attached hydrogens (tertiary/aromatic N) is 1. The first-order valence-electron chi connectivity index (χ1n) is 6.14. The van der Waals surface area contributed by atoms with Crippen LogP contribution in [0.5, 0.6) is 11.5 Å². The van der Waals surface area contributed by atoms with Gasteiger partial charge in [0.05, 0.1) is 0 Å². The lowest BCUT2D eigenvalue weighted by molar-refractivity contribution is 0.313. The second kappa shape index (κ2) is 5.38. The number of nitrogens with two attached hydrogens (primary N) is 1. The van der Waals surface area contributed by atoms with Crippen LogP contribution in [0.3, 0.4) is 0 Å². The Balaban J connectivity index is 1.88. The molecule has 1 aromatic carbocycles. The van der Waals surface area contributed by atoms with Crippen LogP contribution in [-0.4, -0.2) is 40.8 Å². The van der Waals surface area contributed by atoms with Gasteiger partial charge in [-0.15, -0.1) is 0 Å². The molecule has 4 nitrogen and oxygen atoms in total. The first-order chi connectivity index (χ1) is 8.15. The molecule has 1 aliphatic heterocycles. The Kier molecular flexibility index (Phi) is 3.86. The highest BCUT2D eigenvalue weighted by molar-refractivity contribution is 5.40. The first kappa shape index (κ1) is 12.2. The first-order valence-corrected chi connectivity index (χ1v) is 6.14. The van der Waals surface area contributed by atoms with Crippen molar-refractivity contribution in [1.29, 1.82) is 0 Å². The number of likely N-dealkylation sites (tertiary alicyclic amines) is 1. The Morgan fingerprint density at radius 3 is 2.53 bits per heavy atom. The van der Waals surface area contributed by atoms with Crippen LogP contribution in [0.25, 0.3) is 0 Å². The predicted octanol–water partition coefficient (Wildman–Crippen LogP) is 1.06. The number of aromatic hydroxyl groups is 2. The lowest BCUT2D eigenvalue weighted by Gasteiger charge is -2.20. The fourth-order valence-corrected chi connectivity index (χ4v) is 2.36. The molecule has 1 heterocycles. The summed E-state index contributed by atoms with van der Waals surface area (Å²) >= 11 is 0. The zero-order chi connectivity index (χ0) is 12.3. The molecule has 17 heavy (non-hydrogen) atoms. The molecule has 1 fully saturated rings. The van der Waals surface area contributed by atoms with Gasteiger partial charge < -0.3 is 20.8 Å². The molecule has 94 valence electrons.